The van der Waals surface area contributed by atoms with Gasteiger partial charge in [0.15, 0.2) is 0 Å². The Balaban J connectivity index is 2.36. The van der Waals surface area contributed by atoms with Crippen LogP contribution in [0.25, 0.3) is 0 Å². The van der Waals surface area contributed by atoms with Crippen molar-refractivity contribution in [2.45, 2.75) is 37.6 Å². The lowest BCUT2D eigenvalue weighted by Gasteiger charge is -2.05. The fraction of sp³-hybridized carbons (Fsp3) is 0.462. The van der Waals surface area contributed by atoms with Gasteiger partial charge in [0.2, 0.25) is 0 Å². The molecule has 0 aliphatic heterocycles. The summed E-state index contributed by atoms with van der Waals surface area (Å²) in [4.78, 5) is 11.6. The third kappa shape index (κ3) is 5.75. The van der Waals surface area contributed by atoms with Gasteiger partial charge in [0.25, 0.3) is 0 Å². The first-order valence-corrected chi connectivity index (χ1v) is 6.75. The molecule has 0 unspecified atom stereocenters. The number of unbranched alkanes of at least 4 members (excludes halogenated alkanes) is 1. The minimum atomic E-state index is -0.712. The summed E-state index contributed by atoms with van der Waals surface area (Å²) in [5, 5.41) is 8.51. The van der Waals surface area contributed by atoms with Crippen LogP contribution in [0.4, 0.5) is 0 Å². The molecule has 4 heteroatoms. The molecule has 0 saturated carbocycles. The molecule has 0 bridgehead atoms. The average molecular weight is 253 g/mol. The number of carbonyl (C=O) groups is 1. The van der Waals surface area contributed by atoms with E-state index in [2.05, 4.69) is 25.1 Å². The van der Waals surface area contributed by atoms with Gasteiger partial charge in [-0.2, -0.15) is 0 Å². The van der Waals surface area contributed by atoms with E-state index in [0.29, 0.717) is 6.54 Å². The minimum absolute atomic E-state index is 0.266. The van der Waals surface area contributed by atoms with Gasteiger partial charge in [-0.05, 0) is 48.8 Å². The fourth-order valence-corrected chi connectivity index (χ4v) is 2.68. The van der Waals surface area contributed by atoms with Gasteiger partial charge in [-0.1, -0.05) is 6.07 Å². The Kier molecular flexibility index (Phi) is 6.08. The van der Waals surface area contributed by atoms with E-state index in [0.717, 1.165) is 24.2 Å². The zero-order chi connectivity index (χ0) is 12.7. The van der Waals surface area contributed by atoms with E-state index >= 15 is 0 Å². The Morgan fingerprint density at radius 1 is 1.35 bits per heavy atom. The van der Waals surface area contributed by atoms with E-state index < -0.39 is 5.97 Å². The lowest BCUT2D eigenvalue weighted by Crippen LogP contribution is -1.97. The SMILES string of the molecule is Cc1cc(CN)cc(SCCCCC(=O)O)c1. The molecule has 1 rings (SSSR count). The summed E-state index contributed by atoms with van der Waals surface area (Å²) in [7, 11) is 0. The Labute approximate surface area is 106 Å². The molecule has 0 aromatic heterocycles. The molecule has 0 radical (unpaired) electrons. The normalized spacial score (nSPS) is 10.5. The monoisotopic (exact) mass is 253 g/mol. The summed E-state index contributed by atoms with van der Waals surface area (Å²) in [6.07, 6.45) is 1.95. The first-order chi connectivity index (χ1) is 8.11. The van der Waals surface area contributed by atoms with E-state index in [4.69, 9.17) is 10.8 Å². The molecular weight excluding hydrogens is 234 g/mol. The molecule has 0 saturated heterocycles. The van der Waals surface area contributed by atoms with Crippen molar-refractivity contribution < 1.29 is 9.90 Å². The standard InChI is InChI=1S/C13H19NO2S/c1-10-6-11(9-14)8-12(7-10)17-5-3-2-4-13(15)16/h6-8H,2-5,9,14H2,1H3,(H,15,16). The first kappa shape index (κ1) is 14.1. The molecule has 17 heavy (non-hydrogen) atoms. The number of carboxylic acid groups (broad SMARTS) is 1. The van der Waals surface area contributed by atoms with Gasteiger partial charge in [-0.3, -0.25) is 4.79 Å². The number of aliphatic carboxylic acids is 1. The van der Waals surface area contributed by atoms with Gasteiger partial charge in [0.1, 0.15) is 0 Å². The van der Waals surface area contributed by atoms with Gasteiger partial charge in [-0.25, -0.2) is 0 Å². The molecule has 0 aliphatic rings. The largest absolute Gasteiger partial charge is 0.481 e. The Morgan fingerprint density at radius 3 is 2.76 bits per heavy atom. The van der Waals surface area contributed by atoms with Gasteiger partial charge >= 0.3 is 5.97 Å². The summed E-state index contributed by atoms with van der Waals surface area (Å²) in [6.45, 7) is 2.63. The molecule has 0 atom stereocenters. The third-order valence-electron chi connectivity index (χ3n) is 2.40. The van der Waals surface area contributed by atoms with Crippen molar-refractivity contribution in [3.63, 3.8) is 0 Å². The lowest BCUT2D eigenvalue weighted by atomic mass is 10.1. The number of benzene rings is 1. The van der Waals surface area contributed by atoms with Crippen LogP contribution < -0.4 is 5.73 Å². The van der Waals surface area contributed by atoms with Crippen LogP contribution in [0, 0.1) is 6.92 Å². The molecule has 1 aromatic rings. The molecule has 0 aliphatic carbocycles. The molecule has 0 spiro atoms. The lowest BCUT2D eigenvalue weighted by molar-refractivity contribution is -0.137. The van der Waals surface area contributed by atoms with Crippen molar-refractivity contribution >= 4 is 17.7 Å². The second kappa shape index (κ2) is 7.35. The molecular formula is C13H19NO2S. The summed E-state index contributed by atoms with van der Waals surface area (Å²) in [5.41, 5.74) is 8.00. The Bertz CT molecular complexity index is 380. The van der Waals surface area contributed by atoms with Crippen LogP contribution in [-0.2, 0) is 11.3 Å². The maximum Gasteiger partial charge on any atom is 0.303 e. The maximum atomic E-state index is 10.3. The Hall–Kier alpha value is -1.00. The van der Waals surface area contributed by atoms with Gasteiger partial charge in [0, 0.05) is 17.9 Å². The van der Waals surface area contributed by atoms with Crippen LogP contribution in [0.15, 0.2) is 23.1 Å². The number of aryl methyl sites for hydroxylation is 1. The number of hydrogen-bond acceptors (Lipinski definition) is 3. The molecule has 0 fully saturated rings. The van der Waals surface area contributed by atoms with Crippen LogP contribution in [0.2, 0.25) is 0 Å². The minimum Gasteiger partial charge on any atom is -0.481 e. The molecule has 94 valence electrons. The average Bonchev–Trinajstić information content (AvgIpc) is 2.27. The highest BCUT2D eigenvalue weighted by atomic mass is 32.2. The van der Waals surface area contributed by atoms with Gasteiger partial charge in [-0.15, -0.1) is 11.8 Å². The smallest absolute Gasteiger partial charge is 0.303 e. The predicted octanol–water partition coefficient (Wildman–Crippen LogP) is 2.80. The third-order valence-corrected chi connectivity index (χ3v) is 3.46. The van der Waals surface area contributed by atoms with E-state index in [9.17, 15) is 4.79 Å². The zero-order valence-corrected chi connectivity index (χ0v) is 10.9. The van der Waals surface area contributed by atoms with Crippen molar-refractivity contribution in [1.29, 1.82) is 0 Å². The van der Waals surface area contributed by atoms with Gasteiger partial charge < -0.3 is 10.8 Å². The molecule has 0 amide bonds. The first-order valence-electron chi connectivity index (χ1n) is 5.77. The van der Waals surface area contributed by atoms with Gasteiger partial charge in [0.05, 0.1) is 0 Å². The molecule has 1 aromatic carbocycles. The molecule has 0 heterocycles. The fourth-order valence-electron chi connectivity index (χ4n) is 1.59. The highest BCUT2D eigenvalue weighted by molar-refractivity contribution is 7.99. The second-order valence-corrected chi connectivity index (χ2v) is 5.23. The van der Waals surface area contributed by atoms with Crippen LogP contribution >= 0.6 is 11.8 Å². The molecule has 3 N–H and O–H groups in total. The summed E-state index contributed by atoms with van der Waals surface area (Å²) >= 11 is 1.77. The van der Waals surface area contributed by atoms with E-state index in [1.54, 1.807) is 11.8 Å². The number of rotatable bonds is 7. The van der Waals surface area contributed by atoms with Crippen molar-refractivity contribution in [2.24, 2.45) is 5.73 Å². The molecule has 3 nitrogen and oxygen atoms in total. The second-order valence-electron chi connectivity index (χ2n) is 4.06. The van der Waals surface area contributed by atoms with Crippen LogP contribution in [-0.4, -0.2) is 16.8 Å². The summed E-state index contributed by atoms with van der Waals surface area (Å²) < 4.78 is 0. The number of nitrogens with two attached hydrogens (primary N) is 1. The van der Waals surface area contributed by atoms with Crippen LogP contribution in [0.1, 0.15) is 30.4 Å². The van der Waals surface area contributed by atoms with Crippen molar-refractivity contribution in [1.82, 2.24) is 0 Å². The van der Waals surface area contributed by atoms with Crippen molar-refractivity contribution in [3.8, 4) is 0 Å². The highest BCUT2D eigenvalue weighted by Gasteiger charge is 2.00. The van der Waals surface area contributed by atoms with E-state index in [-0.39, 0.29) is 6.42 Å². The van der Waals surface area contributed by atoms with Crippen molar-refractivity contribution in [2.75, 3.05) is 5.75 Å². The van der Waals surface area contributed by atoms with E-state index in [1.807, 2.05) is 0 Å². The predicted molar refractivity (Wildman–Crippen MR) is 71.3 cm³/mol. The van der Waals surface area contributed by atoms with Crippen LogP contribution in [0.5, 0.6) is 0 Å². The maximum absolute atomic E-state index is 10.3. The quantitative estimate of drug-likeness (QED) is 0.579. The zero-order valence-electron chi connectivity index (χ0n) is 10.1. The van der Waals surface area contributed by atoms with E-state index in [1.165, 1.54) is 10.5 Å². The topological polar surface area (TPSA) is 63.3 Å². The highest BCUT2D eigenvalue weighted by Crippen LogP contribution is 2.22. The Morgan fingerprint density at radius 2 is 2.12 bits per heavy atom. The van der Waals surface area contributed by atoms with Crippen molar-refractivity contribution in [3.05, 3.63) is 29.3 Å². The van der Waals surface area contributed by atoms with Crippen LogP contribution in [0.3, 0.4) is 0 Å². The number of thioether (sulfide) groups is 1. The number of hydrogen-bond donors (Lipinski definition) is 2. The number of carboxylic acids is 1. The summed E-state index contributed by atoms with van der Waals surface area (Å²) in [5.74, 6) is 0.247. The summed E-state index contributed by atoms with van der Waals surface area (Å²) in [6, 6.07) is 6.34.